The molecule has 0 unspecified atom stereocenters. The number of nitrogen functional groups attached to an aromatic ring is 2. The number of ketones is 2. The number of carbonyl (C=O) groups is 5. The van der Waals surface area contributed by atoms with Crippen molar-refractivity contribution >= 4 is 41.0 Å². The van der Waals surface area contributed by atoms with Crippen LogP contribution in [0.25, 0.3) is 0 Å². The van der Waals surface area contributed by atoms with Crippen LogP contribution in [-0.2, 0) is 14.3 Å². The maximum atomic E-state index is 12.3. The third-order valence-electron chi connectivity index (χ3n) is 4.19. The number of benzene rings is 1. The van der Waals surface area contributed by atoms with Crippen LogP contribution in [0.3, 0.4) is 0 Å². The number of esters is 2. The highest BCUT2D eigenvalue weighted by Gasteiger charge is 2.20. The topological polar surface area (TPSA) is 184 Å². The Kier molecular flexibility index (Phi) is 8.52. The molecule has 2 rings (SSSR count). The summed E-state index contributed by atoms with van der Waals surface area (Å²) in [6, 6.07) is 7.97. The van der Waals surface area contributed by atoms with Crippen LogP contribution < -0.4 is 16.8 Å². The second kappa shape index (κ2) is 11.3. The number of nitrogens with zero attached hydrogens (tertiary/aromatic N) is 2. The van der Waals surface area contributed by atoms with E-state index in [2.05, 4.69) is 15.3 Å². The molecule has 0 atom stereocenters. The molecule has 0 fully saturated rings. The van der Waals surface area contributed by atoms with Crippen LogP contribution >= 0.6 is 0 Å². The van der Waals surface area contributed by atoms with Crippen molar-refractivity contribution in [2.24, 2.45) is 0 Å². The van der Waals surface area contributed by atoms with Crippen LogP contribution in [-0.4, -0.2) is 45.9 Å². The summed E-state index contributed by atoms with van der Waals surface area (Å²) in [4.78, 5) is 66.8. The summed E-state index contributed by atoms with van der Waals surface area (Å²) in [5.41, 5.74) is 11.2. The minimum absolute atomic E-state index is 0.0350. The van der Waals surface area contributed by atoms with E-state index in [4.69, 9.17) is 16.2 Å². The molecule has 1 amide bonds. The molecule has 168 valence electrons. The summed E-state index contributed by atoms with van der Waals surface area (Å²) >= 11 is 0. The van der Waals surface area contributed by atoms with E-state index >= 15 is 0 Å². The van der Waals surface area contributed by atoms with Crippen LogP contribution in [0.1, 0.15) is 63.9 Å². The van der Waals surface area contributed by atoms with Gasteiger partial charge in [0, 0.05) is 19.4 Å². The minimum Gasteiger partial charge on any atom is -0.389 e. The molecule has 2 aromatic rings. The molecular formula is C21H23N5O6. The lowest BCUT2D eigenvalue weighted by molar-refractivity contribution is -0.137. The SMILES string of the molecule is CC(=O)CCCC(=O)c1nc(N)c(C(=O)NCCC(=O)OC(=O)c2ccccc2)nc1N. The predicted molar refractivity (Wildman–Crippen MR) is 114 cm³/mol. The molecule has 1 aromatic carbocycles. The van der Waals surface area contributed by atoms with Gasteiger partial charge in [-0.05, 0) is 25.5 Å². The quantitative estimate of drug-likeness (QED) is 0.274. The largest absolute Gasteiger partial charge is 0.389 e. The van der Waals surface area contributed by atoms with Crippen molar-refractivity contribution < 1.29 is 28.7 Å². The van der Waals surface area contributed by atoms with Crippen molar-refractivity contribution in [3.63, 3.8) is 0 Å². The van der Waals surface area contributed by atoms with Gasteiger partial charge in [0.2, 0.25) is 0 Å². The molecular weight excluding hydrogens is 418 g/mol. The predicted octanol–water partition coefficient (Wildman–Crippen LogP) is 1.09. The van der Waals surface area contributed by atoms with E-state index in [1.165, 1.54) is 19.1 Å². The van der Waals surface area contributed by atoms with Gasteiger partial charge < -0.3 is 26.3 Å². The number of rotatable bonds is 10. The number of Topliss-reactive ketones (excluding diaryl/α,β-unsaturated/α-hetero) is 2. The van der Waals surface area contributed by atoms with E-state index in [1.807, 2.05) is 0 Å². The molecule has 0 spiro atoms. The average molecular weight is 441 g/mol. The highest BCUT2D eigenvalue weighted by atomic mass is 16.6. The second-order valence-corrected chi connectivity index (χ2v) is 6.80. The molecule has 0 aliphatic rings. The number of nitrogens with two attached hydrogens (primary N) is 2. The average Bonchev–Trinajstić information content (AvgIpc) is 2.75. The minimum atomic E-state index is -0.829. The van der Waals surface area contributed by atoms with Crippen molar-refractivity contribution in [2.75, 3.05) is 18.0 Å². The molecule has 0 bridgehead atoms. The monoisotopic (exact) mass is 441 g/mol. The maximum Gasteiger partial charge on any atom is 0.345 e. The maximum absolute atomic E-state index is 12.3. The summed E-state index contributed by atoms with van der Waals surface area (Å²) in [5, 5.41) is 2.39. The number of hydrogen-bond acceptors (Lipinski definition) is 10. The molecule has 11 nitrogen and oxygen atoms in total. The molecule has 5 N–H and O–H groups in total. The number of amides is 1. The number of nitrogens with one attached hydrogen (secondary N) is 1. The van der Waals surface area contributed by atoms with Gasteiger partial charge in [0.1, 0.15) is 5.78 Å². The Bertz CT molecular complexity index is 1040. The van der Waals surface area contributed by atoms with Gasteiger partial charge in [0.25, 0.3) is 5.91 Å². The van der Waals surface area contributed by atoms with Gasteiger partial charge in [-0.2, -0.15) is 0 Å². The lowest BCUT2D eigenvalue weighted by atomic mass is 10.1. The fourth-order valence-electron chi connectivity index (χ4n) is 2.60. The van der Waals surface area contributed by atoms with Gasteiger partial charge in [-0.3, -0.25) is 14.4 Å². The Morgan fingerprint density at radius 3 is 2.19 bits per heavy atom. The Labute approximate surface area is 183 Å². The van der Waals surface area contributed by atoms with E-state index in [0.29, 0.717) is 6.42 Å². The van der Waals surface area contributed by atoms with Crippen LogP contribution in [0.2, 0.25) is 0 Å². The molecule has 0 saturated heterocycles. The molecule has 32 heavy (non-hydrogen) atoms. The van der Waals surface area contributed by atoms with E-state index in [9.17, 15) is 24.0 Å². The van der Waals surface area contributed by atoms with Gasteiger partial charge in [0.05, 0.1) is 12.0 Å². The first-order valence-corrected chi connectivity index (χ1v) is 9.73. The standard InChI is InChI=1S/C21H23N5O6/c1-12(27)6-5-9-14(28)16-18(22)26-17(19(23)25-16)20(30)24-11-10-15(29)32-21(31)13-7-3-2-4-8-13/h2-4,7-8H,5-6,9-11H2,1H3,(H2,22,26)(H2,23,25)(H,24,30). The van der Waals surface area contributed by atoms with Gasteiger partial charge in [0.15, 0.2) is 28.8 Å². The van der Waals surface area contributed by atoms with Gasteiger partial charge in [-0.15, -0.1) is 0 Å². The third kappa shape index (κ3) is 6.97. The highest BCUT2D eigenvalue weighted by molar-refractivity contribution is 6.02. The number of anilines is 2. The van der Waals surface area contributed by atoms with E-state index in [-0.39, 0.29) is 60.2 Å². The van der Waals surface area contributed by atoms with Crippen molar-refractivity contribution in [2.45, 2.75) is 32.6 Å². The third-order valence-corrected chi connectivity index (χ3v) is 4.19. The molecule has 0 saturated carbocycles. The zero-order chi connectivity index (χ0) is 23.7. The Balaban J connectivity index is 1.89. The van der Waals surface area contributed by atoms with Crippen LogP contribution in [0.4, 0.5) is 11.6 Å². The number of hydrogen-bond donors (Lipinski definition) is 3. The first-order valence-electron chi connectivity index (χ1n) is 9.73. The molecule has 0 radical (unpaired) electrons. The van der Waals surface area contributed by atoms with Crippen LogP contribution in [0.5, 0.6) is 0 Å². The van der Waals surface area contributed by atoms with Crippen molar-refractivity contribution in [3.05, 3.63) is 47.3 Å². The summed E-state index contributed by atoms with van der Waals surface area (Å²) in [7, 11) is 0. The van der Waals surface area contributed by atoms with Crippen LogP contribution in [0.15, 0.2) is 30.3 Å². The lowest BCUT2D eigenvalue weighted by Crippen LogP contribution is -2.29. The number of ether oxygens (including phenoxy) is 1. The molecule has 1 aromatic heterocycles. The van der Waals surface area contributed by atoms with Crippen molar-refractivity contribution in [3.8, 4) is 0 Å². The fourth-order valence-corrected chi connectivity index (χ4v) is 2.60. The molecule has 11 heteroatoms. The molecule has 0 aliphatic carbocycles. The summed E-state index contributed by atoms with van der Waals surface area (Å²) < 4.78 is 4.70. The Hall–Kier alpha value is -4.15. The zero-order valence-corrected chi connectivity index (χ0v) is 17.4. The van der Waals surface area contributed by atoms with E-state index in [1.54, 1.807) is 18.2 Å². The number of carbonyl (C=O) groups excluding carboxylic acids is 5. The molecule has 0 aliphatic heterocycles. The van der Waals surface area contributed by atoms with Crippen molar-refractivity contribution in [1.82, 2.24) is 15.3 Å². The first kappa shape index (κ1) is 24.1. The Morgan fingerprint density at radius 1 is 0.906 bits per heavy atom. The van der Waals surface area contributed by atoms with Gasteiger partial charge in [-0.25, -0.2) is 14.8 Å². The summed E-state index contributed by atoms with van der Waals surface area (Å²) in [6.45, 7) is 1.26. The second-order valence-electron chi connectivity index (χ2n) is 6.80. The fraction of sp³-hybridized carbons (Fsp3) is 0.286. The highest BCUT2D eigenvalue weighted by Crippen LogP contribution is 2.16. The smallest absolute Gasteiger partial charge is 0.345 e. The normalized spacial score (nSPS) is 10.3. The van der Waals surface area contributed by atoms with E-state index in [0.717, 1.165) is 0 Å². The summed E-state index contributed by atoms with van der Waals surface area (Å²) in [5.74, 6) is -3.46. The van der Waals surface area contributed by atoms with Crippen molar-refractivity contribution in [1.29, 1.82) is 0 Å². The first-order chi connectivity index (χ1) is 15.2. The zero-order valence-electron chi connectivity index (χ0n) is 17.4. The Morgan fingerprint density at radius 2 is 1.53 bits per heavy atom. The molecule has 1 heterocycles. The van der Waals surface area contributed by atoms with E-state index < -0.39 is 23.6 Å². The summed E-state index contributed by atoms with van der Waals surface area (Å²) in [6.07, 6.45) is 0.335. The van der Waals surface area contributed by atoms with Crippen LogP contribution in [0, 0.1) is 0 Å². The van der Waals surface area contributed by atoms with Gasteiger partial charge >= 0.3 is 11.9 Å². The number of aromatic nitrogens is 2. The lowest BCUT2D eigenvalue weighted by Gasteiger charge is -2.09. The van der Waals surface area contributed by atoms with Gasteiger partial charge in [-0.1, -0.05) is 18.2 Å².